The van der Waals surface area contributed by atoms with Crippen molar-refractivity contribution in [3.63, 3.8) is 0 Å². The minimum atomic E-state index is -0.00671. The Hall–Kier alpha value is -2.82. The van der Waals surface area contributed by atoms with Gasteiger partial charge in [-0.25, -0.2) is 0 Å². The van der Waals surface area contributed by atoms with Gasteiger partial charge in [-0.15, -0.1) is 0 Å². The number of carbonyl (C=O) groups excluding carboxylic acids is 1. The van der Waals surface area contributed by atoms with E-state index in [4.69, 9.17) is 10.1 Å². The maximum absolute atomic E-state index is 11.2. The molecule has 0 saturated heterocycles. The van der Waals surface area contributed by atoms with Crippen molar-refractivity contribution in [2.75, 3.05) is 13.2 Å². The Morgan fingerprint density at radius 1 is 1.08 bits per heavy atom. The number of rotatable bonds is 4. The zero-order chi connectivity index (χ0) is 17.6. The van der Waals surface area contributed by atoms with Crippen LogP contribution in [0, 0.1) is 5.41 Å². The Morgan fingerprint density at radius 3 is 2.20 bits per heavy atom. The molecule has 0 radical (unpaired) electrons. The first-order valence-corrected chi connectivity index (χ1v) is 8.58. The van der Waals surface area contributed by atoms with Gasteiger partial charge in [0.15, 0.2) is 0 Å². The average molecular weight is 337 g/mol. The number of hydrogen-bond donors (Lipinski definition) is 2. The monoisotopic (exact) mass is 337 g/mol. The molecule has 0 spiro atoms. The smallest absolute Gasteiger partial charge is 0.285 e. The molecule has 0 saturated carbocycles. The van der Waals surface area contributed by atoms with Gasteiger partial charge in [-0.05, 0) is 22.3 Å². The van der Waals surface area contributed by atoms with Gasteiger partial charge < -0.3 is 15.0 Å². The second-order valence-corrected chi connectivity index (χ2v) is 6.03. The lowest BCUT2D eigenvalue weighted by molar-refractivity contribution is -0.120. The third-order valence-electron chi connectivity index (χ3n) is 4.32. The molecule has 2 N–H and O–H groups in total. The number of nitrogens with zero attached hydrogens (tertiary/aromatic N) is 1. The molecule has 130 valence electrons. The van der Waals surface area contributed by atoms with E-state index >= 15 is 0 Å². The highest BCUT2D eigenvalue weighted by Crippen LogP contribution is 2.32. The average Bonchev–Trinajstić information content (AvgIpc) is 2.81. The van der Waals surface area contributed by atoms with E-state index in [9.17, 15) is 4.79 Å². The van der Waals surface area contributed by atoms with Crippen molar-refractivity contribution in [2.45, 2.75) is 26.4 Å². The maximum Gasteiger partial charge on any atom is 0.285 e. The molecule has 5 heteroatoms. The van der Waals surface area contributed by atoms with Crippen LogP contribution in [0.4, 0.5) is 0 Å². The van der Waals surface area contributed by atoms with Crippen LogP contribution in [0.3, 0.4) is 0 Å². The number of amides is 1. The molecule has 0 aliphatic carbocycles. The molecule has 1 aliphatic rings. The van der Waals surface area contributed by atoms with Gasteiger partial charge in [-0.3, -0.25) is 10.2 Å². The summed E-state index contributed by atoms with van der Waals surface area (Å²) in [7, 11) is 0. The fourth-order valence-electron chi connectivity index (χ4n) is 3.01. The van der Waals surface area contributed by atoms with Crippen LogP contribution in [0.15, 0.2) is 48.5 Å². The highest BCUT2D eigenvalue weighted by atomic mass is 16.5. The molecule has 25 heavy (non-hydrogen) atoms. The molecule has 0 fully saturated rings. The lowest BCUT2D eigenvalue weighted by Crippen LogP contribution is -2.33. The number of carbonyl (C=O) groups is 1. The second kappa shape index (κ2) is 7.83. The highest BCUT2D eigenvalue weighted by Gasteiger charge is 2.21. The largest absolute Gasteiger partial charge is 0.463 e. The predicted molar refractivity (Wildman–Crippen MR) is 98.1 cm³/mol. The molecule has 1 amide bonds. The quantitative estimate of drug-likeness (QED) is 0.512. The lowest BCUT2D eigenvalue weighted by Gasteiger charge is -2.23. The molecule has 0 aromatic heterocycles. The summed E-state index contributed by atoms with van der Waals surface area (Å²) in [5.41, 5.74) is 4.78. The van der Waals surface area contributed by atoms with Crippen molar-refractivity contribution in [1.29, 1.82) is 5.41 Å². The van der Waals surface area contributed by atoms with Crippen LogP contribution in [-0.2, 0) is 22.6 Å². The van der Waals surface area contributed by atoms with Crippen LogP contribution < -0.4 is 5.32 Å². The van der Waals surface area contributed by atoms with Crippen LogP contribution >= 0.6 is 0 Å². The number of fused-ring (bicyclic) bond motifs is 3. The normalized spacial score (nSPS) is 12.6. The number of benzene rings is 2. The first-order valence-electron chi connectivity index (χ1n) is 8.58. The molecular weight excluding hydrogens is 314 g/mol. The van der Waals surface area contributed by atoms with E-state index in [1.54, 1.807) is 0 Å². The van der Waals surface area contributed by atoms with Crippen molar-refractivity contribution < 1.29 is 9.53 Å². The summed E-state index contributed by atoms with van der Waals surface area (Å²) in [6.45, 7) is 3.78. The third-order valence-corrected chi connectivity index (χ3v) is 4.32. The Morgan fingerprint density at radius 2 is 1.64 bits per heavy atom. The Bertz CT molecular complexity index is 726. The summed E-state index contributed by atoms with van der Waals surface area (Å²) in [5, 5.41) is 11.0. The van der Waals surface area contributed by atoms with Crippen LogP contribution in [0.2, 0.25) is 0 Å². The number of hydrogen-bond acceptors (Lipinski definition) is 3. The van der Waals surface area contributed by atoms with E-state index in [2.05, 4.69) is 29.6 Å². The zero-order valence-corrected chi connectivity index (χ0v) is 14.4. The minimum absolute atomic E-state index is 0.00671. The molecule has 2 aromatic rings. The van der Waals surface area contributed by atoms with Crippen molar-refractivity contribution >= 4 is 11.9 Å². The molecule has 0 unspecified atom stereocenters. The lowest BCUT2D eigenvalue weighted by atomic mass is 9.97. The van der Waals surface area contributed by atoms with Gasteiger partial charge >= 0.3 is 0 Å². The van der Waals surface area contributed by atoms with Crippen LogP contribution in [0.1, 0.15) is 24.5 Å². The van der Waals surface area contributed by atoms with E-state index in [1.807, 2.05) is 36.1 Å². The number of ether oxygens (including phenoxy) is 1. The molecule has 1 heterocycles. The highest BCUT2D eigenvalue weighted by molar-refractivity contribution is 5.76. The molecular formula is C20H23N3O2. The molecule has 0 atom stereocenters. The fourth-order valence-corrected chi connectivity index (χ4v) is 3.01. The maximum atomic E-state index is 11.2. The Kier molecular flexibility index (Phi) is 5.33. The van der Waals surface area contributed by atoms with Gasteiger partial charge in [0.2, 0.25) is 5.91 Å². The Balaban J connectivity index is 1.72. The van der Waals surface area contributed by atoms with Gasteiger partial charge in [0.1, 0.15) is 6.61 Å². The second-order valence-electron chi connectivity index (χ2n) is 6.03. The van der Waals surface area contributed by atoms with Gasteiger partial charge in [-0.2, -0.15) is 0 Å². The topological polar surface area (TPSA) is 65.4 Å². The zero-order valence-electron chi connectivity index (χ0n) is 14.4. The summed E-state index contributed by atoms with van der Waals surface area (Å²) in [6, 6.07) is 16.7. The van der Waals surface area contributed by atoms with Gasteiger partial charge in [0, 0.05) is 19.5 Å². The molecule has 1 aliphatic heterocycles. The summed E-state index contributed by atoms with van der Waals surface area (Å²) < 4.78 is 5.56. The Labute approximate surface area is 148 Å². The molecule has 3 rings (SSSR count). The van der Waals surface area contributed by atoms with Gasteiger partial charge in [0.25, 0.3) is 6.02 Å². The number of nitrogens with one attached hydrogen (secondary N) is 2. The summed E-state index contributed by atoms with van der Waals surface area (Å²) in [4.78, 5) is 13.2. The predicted octanol–water partition coefficient (Wildman–Crippen LogP) is 3.15. The van der Waals surface area contributed by atoms with E-state index in [1.165, 1.54) is 22.3 Å². The molecule has 5 nitrogen and oxygen atoms in total. The molecule has 0 bridgehead atoms. The van der Waals surface area contributed by atoms with Crippen molar-refractivity contribution in [3.05, 3.63) is 59.7 Å². The van der Waals surface area contributed by atoms with Crippen LogP contribution in [-0.4, -0.2) is 30.0 Å². The molecule has 2 aromatic carbocycles. The van der Waals surface area contributed by atoms with Crippen molar-refractivity contribution in [2.24, 2.45) is 0 Å². The van der Waals surface area contributed by atoms with E-state index in [0.717, 1.165) is 0 Å². The first-order chi connectivity index (χ1) is 12.2. The summed E-state index contributed by atoms with van der Waals surface area (Å²) >= 11 is 0. The van der Waals surface area contributed by atoms with Crippen molar-refractivity contribution in [1.82, 2.24) is 10.2 Å². The number of amidine groups is 1. The fraction of sp³-hybridized carbons (Fsp3) is 0.300. The third kappa shape index (κ3) is 3.99. The van der Waals surface area contributed by atoms with Crippen LogP contribution in [0.25, 0.3) is 11.1 Å². The van der Waals surface area contributed by atoms with E-state index in [-0.39, 0.29) is 11.9 Å². The van der Waals surface area contributed by atoms with Gasteiger partial charge in [0.05, 0.1) is 6.54 Å². The van der Waals surface area contributed by atoms with Crippen molar-refractivity contribution in [3.8, 4) is 11.1 Å². The van der Waals surface area contributed by atoms with Gasteiger partial charge in [-0.1, -0.05) is 55.5 Å². The van der Waals surface area contributed by atoms with E-state index in [0.29, 0.717) is 32.7 Å². The first kappa shape index (κ1) is 17.0. The standard InChI is InChI=1S/C20H23N3O2/c1-2-19(24)22-11-12-25-20(21)23-13-15-7-3-5-9-17(15)18-10-6-4-8-16(18)14-23/h3-10,21H,2,11-14H2,1H3,(H,22,24). The summed E-state index contributed by atoms with van der Waals surface area (Å²) in [6.07, 6.45) is 0.455. The summed E-state index contributed by atoms with van der Waals surface area (Å²) in [5.74, 6) is -0.00671. The minimum Gasteiger partial charge on any atom is -0.463 e. The van der Waals surface area contributed by atoms with E-state index < -0.39 is 0 Å². The SMILES string of the molecule is CCC(=O)NCCOC(=N)N1Cc2ccccc2-c2ccccc2C1. The van der Waals surface area contributed by atoms with Crippen LogP contribution in [0.5, 0.6) is 0 Å².